The number of aromatic carboxylic acids is 1. The lowest BCUT2D eigenvalue weighted by Gasteiger charge is -2.12. The third-order valence-corrected chi connectivity index (χ3v) is 4.37. The zero-order valence-electron chi connectivity index (χ0n) is 11.1. The molecular formula is C13H14ClN3O2S. The van der Waals surface area contributed by atoms with Gasteiger partial charge in [0, 0.05) is 17.3 Å². The van der Waals surface area contributed by atoms with Gasteiger partial charge in [0.1, 0.15) is 10.8 Å². The first-order valence-electron chi connectivity index (χ1n) is 6.11. The number of thiazole rings is 1. The molecule has 0 spiro atoms. The van der Waals surface area contributed by atoms with Crippen LogP contribution in [-0.4, -0.2) is 21.0 Å². The van der Waals surface area contributed by atoms with E-state index in [4.69, 9.17) is 16.7 Å². The summed E-state index contributed by atoms with van der Waals surface area (Å²) in [5.74, 6) is -0.608. The Labute approximate surface area is 125 Å². The average Bonchev–Trinajstić information content (AvgIpc) is 2.89. The van der Waals surface area contributed by atoms with Gasteiger partial charge in [-0.25, -0.2) is 14.8 Å². The van der Waals surface area contributed by atoms with Crippen molar-refractivity contribution in [3.63, 3.8) is 0 Å². The molecule has 0 saturated heterocycles. The quantitative estimate of drug-likeness (QED) is 0.882. The van der Waals surface area contributed by atoms with Gasteiger partial charge in [-0.1, -0.05) is 18.5 Å². The molecule has 5 nitrogen and oxygen atoms in total. The number of hydrogen-bond acceptors (Lipinski definition) is 5. The van der Waals surface area contributed by atoms with Crippen molar-refractivity contribution in [2.24, 2.45) is 0 Å². The van der Waals surface area contributed by atoms with Crippen molar-refractivity contribution in [2.45, 2.75) is 26.3 Å². The molecule has 0 bridgehead atoms. The molecule has 0 radical (unpaired) electrons. The van der Waals surface area contributed by atoms with Crippen LogP contribution >= 0.6 is 22.9 Å². The maximum atomic E-state index is 11.0. The Morgan fingerprint density at radius 2 is 2.25 bits per heavy atom. The molecule has 0 aliphatic rings. The number of carboxylic acids is 1. The zero-order chi connectivity index (χ0) is 14.7. The fraction of sp³-hybridized carbons (Fsp3) is 0.308. The summed E-state index contributed by atoms with van der Waals surface area (Å²) in [5, 5.41) is 13.2. The van der Waals surface area contributed by atoms with Crippen molar-refractivity contribution in [3.8, 4) is 0 Å². The highest BCUT2D eigenvalue weighted by molar-refractivity contribution is 7.11. The summed E-state index contributed by atoms with van der Waals surface area (Å²) < 4.78 is 0. The average molecular weight is 312 g/mol. The van der Waals surface area contributed by atoms with Gasteiger partial charge in [-0.05, 0) is 19.4 Å². The van der Waals surface area contributed by atoms with Crippen molar-refractivity contribution in [3.05, 3.63) is 38.9 Å². The molecule has 2 aromatic heterocycles. The number of anilines is 1. The number of nitrogens with zero attached hydrogens (tertiary/aromatic N) is 2. The van der Waals surface area contributed by atoms with Crippen LogP contribution in [0.5, 0.6) is 0 Å². The van der Waals surface area contributed by atoms with Gasteiger partial charge < -0.3 is 10.4 Å². The van der Waals surface area contributed by atoms with E-state index in [9.17, 15) is 4.79 Å². The van der Waals surface area contributed by atoms with E-state index in [1.54, 1.807) is 11.3 Å². The Morgan fingerprint density at radius 1 is 1.50 bits per heavy atom. The molecule has 0 amide bonds. The van der Waals surface area contributed by atoms with Gasteiger partial charge in [0.2, 0.25) is 0 Å². The molecular weight excluding hydrogens is 298 g/mol. The highest BCUT2D eigenvalue weighted by atomic mass is 35.5. The van der Waals surface area contributed by atoms with Crippen LogP contribution in [0.4, 0.5) is 5.82 Å². The Hall–Kier alpha value is -1.66. The minimum absolute atomic E-state index is 0.0322. The number of pyridine rings is 1. The summed E-state index contributed by atoms with van der Waals surface area (Å²) in [5.41, 5.74) is 0.0322. The van der Waals surface area contributed by atoms with E-state index in [1.807, 2.05) is 13.1 Å². The zero-order valence-corrected chi connectivity index (χ0v) is 12.6. The van der Waals surface area contributed by atoms with Gasteiger partial charge in [-0.15, -0.1) is 11.3 Å². The number of carboxylic acid groups (broad SMARTS) is 1. The topological polar surface area (TPSA) is 75.1 Å². The summed E-state index contributed by atoms with van der Waals surface area (Å²) >= 11 is 7.42. The number of aryl methyl sites for hydroxylation is 1. The first-order chi connectivity index (χ1) is 9.51. The third-order valence-electron chi connectivity index (χ3n) is 2.74. The number of carbonyl (C=O) groups is 1. The molecule has 0 aromatic carbocycles. The van der Waals surface area contributed by atoms with Gasteiger partial charge in [-0.3, -0.25) is 0 Å². The Morgan fingerprint density at radius 3 is 2.85 bits per heavy atom. The van der Waals surface area contributed by atoms with E-state index in [0.29, 0.717) is 5.82 Å². The number of aromatic nitrogens is 2. The van der Waals surface area contributed by atoms with Crippen LogP contribution in [0.2, 0.25) is 5.02 Å². The van der Waals surface area contributed by atoms with E-state index in [-0.39, 0.29) is 16.6 Å². The van der Waals surface area contributed by atoms with Crippen LogP contribution in [0.3, 0.4) is 0 Å². The van der Waals surface area contributed by atoms with Gasteiger partial charge in [-0.2, -0.15) is 0 Å². The molecule has 1 atom stereocenters. The van der Waals surface area contributed by atoms with Crippen molar-refractivity contribution in [2.75, 3.05) is 5.32 Å². The molecule has 20 heavy (non-hydrogen) atoms. The number of hydrogen-bond donors (Lipinski definition) is 2. The number of nitrogens with one attached hydrogen (secondary N) is 1. The second kappa shape index (κ2) is 6.19. The molecule has 2 rings (SSSR count). The van der Waals surface area contributed by atoms with Gasteiger partial charge in [0.05, 0.1) is 16.6 Å². The molecule has 2 heterocycles. The summed E-state index contributed by atoms with van der Waals surface area (Å²) in [4.78, 5) is 20.7. The number of halogens is 1. The van der Waals surface area contributed by atoms with Crippen molar-refractivity contribution in [1.82, 2.24) is 9.97 Å². The van der Waals surface area contributed by atoms with E-state index >= 15 is 0 Å². The first-order valence-corrected chi connectivity index (χ1v) is 7.30. The lowest BCUT2D eigenvalue weighted by atomic mass is 10.2. The minimum Gasteiger partial charge on any atom is -0.478 e. The van der Waals surface area contributed by atoms with Crippen LogP contribution in [-0.2, 0) is 6.42 Å². The maximum absolute atomic E-state index is 11.0. The normalized spacial score (nSPS) is 12.2. The van der Waals surface area contributed by atoms with Crippen LogP contribution in [0.1, 0.15) is 40.1 Å². The summed E-state index contributed by atoms with van der Waals surface area (Å²) in [6, 6.07) is 1.38. The Balaban J connectivity index is 2.17. The van der Waals surface area contributed by atoms with Gasteiger partial charge in [0.25, 0.3) is 0 Å². The number of rotatable bonds is 5. The molecule has 0 saturated carbocycles. The second-order valence-corrected chi connectivity index (χ2v) is 5.79. The Kier molecular flexibility index (Phi) is 4.57. The maximum Gasteiger partial charge on any atom is 0.337 e. The minimum atomic E-state index is -1.07. The van der Waals surface area contributed by atoms with Crippen LogP contribution in [0.25, 0.3) is 0 Å². The van der Waals surface area contributed by atoms with Crippen molar-refractivity contribution >= 4 is 34.7 Å². The fourth-order valence-corrected chi connectivity index (χ4v) is 2.70. The molecule has 7 heteroatoms. The summed E-state index contributed by atoms with van der Waals surface area (Å²) in [6.45, 7) is 4.03. The molecule has 1 unspecified atom stereocenters. The standard InChI is InChI=1S/C13H14ClN3O2S/c1-3-8-5-16-12(20-8)7(2)17-11-4-9(13(18)19)10(14)6-15-11/h4-7H,3H2,1-2H3,(H,15,17)(H,18,19). The smallest absolute Gasteiger partial charge is 0.337 e. The molecule has 0 aliphatic carbocycles. The van der Waals surface area contributed by atoms with Crippen LogP contribution < -0.4 is 5.32 Å². The predicted molar refractivity (Wildman–Crippen MR) is 79.7 cm³/mol. The van der Waals surface area contributed by atoms with Crippen LogP contribution in [0.15, 0.2) is 18.5 Å². The lowest BCUT2D eigenvalue weighted by molar-refractivity contribution is 0.0697. The molecule has 2 N–H and O–H groups in total. The lowest BCUT2D eigenvalue weighted by Crippen LogP contribution is -2.09. The highest BCUT2D eigenvalue weighted by Crippen LogP contribution is 2.25. The fourth-order valence-electron chi connectivity index (χ4n) is 1.65. The highest BCUT2D eigenvalue weighted by Gasteiger charge is 2.14. The predicted octanol–water partition coefficient (Wildman–Crippen LogP) is 3.63. The second-order valence-electron chi connectivity index (χ2n) is 4.24. The van der Waals surface area contributed by atoms with Gasteiger partial charge in [0.15, 0.2) is 0 Å². The SMILES string of the molecule is CCc1cnc(C(C)Nc2cc(C(=O)O)c(Cl)cn2)s1. The third kappa shape index (κ3) is 3.26. The molecule has 0 aliphatic heterocycles. The van der Waals surface area contributed by atoms with Crippen molar-refractivity contribution < 1.29 is 9.90 Å². The van der Waals surface area contributed by atoms with Crippen molar-refractivity contribution in [1.29, 1.82) is 0 Å². The first kappa shape index (κ1) is 14.7. The van der Waals surface area contributed by atoms with E-state index in [2.05, 4.69) is 22.2 Å². The summed E-state index contributed by atoms with van der Waals surface area (Å²) in [6.07, 6.45) is 4.14. The Bertz CT molecular complexity index is 630. The monoisotopic (exact) mass is 311 g/mol. The van der Waals surface area contributed by atoms with E-state index in [1.165, 1.54) is 17.1 Å². The summed E-state index contributed by atoms with van der Waals surface area (Å²) in [7, 11) is 0. The van der Waals surface area contributed by atoms with E-state index in [0.717, 1.165) is 11.4 Å². The molecule has 2 aromatic rings. The largest absolute Gasteiger partial charge is 0.478 e. The molecule has 106 valence electrons. The van der Waals surface area contributed by atoms with Gasteiger partial charge >= 0.3 is 5.97 Å². The van der Waals surface area contributed by atoms with E-state index < -0.39 is 5.97 Å². The van der Waals surface area contributed by atoms with Crippen LogP contribution in [0, 0.1) is 0 Å². The molecule has 0 fully saturated rings.